The standard InChI is InChI=1S/C15H15Cl2NS/c16-12(7-10-5-6-18-9-13(10)17)15-8-11-3-1-2-4-14(11)19-15/h5-6,8-9,12H,1-4,7H2. The second kappa shape index (κ2) is 5.82. The molecule has 1 atom stereocenters. The molecule has 2 aromatic heterocycles. The number of thiophene rings is 1. The lowest BCUT2D eigenvalue weighted by molar-refractivity contribution is 0.697. The molecular weight excluding hydrogens is 297 g/mol. The van der Waals surface area contributed by atoms with Gasteiger partial charge < -0.3 is 0 Å². The number of alkyl halides is 1. The van der Waals surface area contributed by atoms with Gasteiger partial charge in [0.1, 0.15) is 0 Å². The predicted octanol–water partition coefficient (Wildman–Crippen LogP) is 5.20. The Morgan fingerprint density at radius 1 is 1.32 bits per heavy atom. The van der Waals surface area contributed by atoms with Crippen LogP contribution >= 0.6 is 34.5 Å². The molecule has 1 aliphatic carbocycles. The summed E-state index contributed by atoms with van der Waals surface area (Å²) in [7, 11) is 0. The van der Waals surface area contributed by atoms with Gasteiger partial charge in [0.15, 0.2) is 0 Å². The number of nitrogens with zero attached hydrogens (tertiary/aromatic N) is 1. The van der Waals surface area contributed by atoms with Crippen LogP contribution in [0.3, 0.4) is 0 Å². The SMILES string of the molecule is Clc1cnccc1CC(Cl)c1cc2c(s1)CCCC2. The van der Waals surface area contributed by atoms with Crippen LogP contribution in [0.1, 0.15) is 39.1 Å². The summed E-state index contributed by atoms with van der Waals surface area (Å²) >= 11 is 14.6. The minimum atomic E-state index is 0.00972. The molecule has 0 saturated heterocycles. The summed E-state index contributed by atoms with van der Waals surface area (Å²) in [6.07, 6.45) is 9.28. The van der Waals surface area contributed by atoms with Crippen LogP contribution in [-0.4, -0.2) is 4.98 Å². The molecular formula is C15H15Cl2NS. The van der Waals surface area contributed by atoms with E-state index in [4.69, 9.17) is 23.2 Å². The van der Waals surface area contributed by atoms with Gasteiger partial charge in [0, 0.05) is 22.1 Å². The Morgan fingerprint density at radius 3 is 2.95 bits per heavy atom. The Balaban J connectivity index is 1.79. The first-order chi connectivity index (χ1) is 9.24. The van der Waals surface area contributed by atoms with E-state index in [1.165, 1.54) is 41.0 Å². The highest BCUT2D eigenvalue weighted by Crippen LogP contribution is 2.37. The minimum Gasteiger partial charge on any atom is -0.263 e. The summed E-state index contributed by atoms with van der Waals surface area (Å²) in [5.74, 6) is 0. The van der Waals surface area contributed by atoms with Gasteiger partial charge in [0.2, 0.25) is 0 Å². The molecule has 0 aliphatic heterocycles. The van der Waals surface area contributed by atoms with Crippen molar-refractivity contribution < 1.29 is 0 Å². The van der Waals surface area contributed by atoms with Crippen LogP contribution in [0.15, 0.2) is 24.5 Å². The van der Waals surface area contributed by atoms with Gasteiger partial charge in [-0.2, -0.15) is 0 Å². The third-order valence-electron chi connectivity index (χ3n) is 3.58. The van der Waals surface area contributed by atoms with E-state index >= 15 is 0 Å². The number of pyridine rings is 1. The Morgan fingerprint density at radius 2 is 2.16 bits per heavy atom. The first-order valence-corrected chi connectivity index (χ1v) is 8.21. The number of hydrogen-bond donors (Lipinski definition) is 0. The molecule has 0 radical (unpaired) electrons. The minimum absolute atomic E-state index is 0.00972. The number of fused-ring (bicyclic) bond motifs is 1. The van der Waals surface area contributed by atoms with Gasteiger partial charge in [-0.3, -0.25) is 4.98 Å². The zero-order chi connectivity index (χ0) is 13.2. The molecule has 2 aromatic rings. The maximum atomic E-state index is 6.56. The number of aryl methyl sites for hydroxylation is 2. The Bertz CT molecular complexity index is 556. The maximum absolute atomic E-state index is 6.56. The number of rotatable bonds is 3. The van der Waals surface area contributed by atoms with Gasteiger partial charge >= 0.3 is 0 Å². The summed E-state index contributed by atoms with van der Waals surface area (Å²) in [6, 6.07) is 4.25. The Kier molecular flexibility index (Phi) is 4.11. The van der Waals surface area contributed by atoms with Crippen molar-refractivity contribution in [1.82, 2.24) is 4.98 Å². The van der Waals surface area contributed by atoms with Crippen LogP contribution in [0.4, 0.5) is 0 Å². The largest absolute Gasteiger partial charge is 0.263 e. The summed E-state index contributed by atoms with van der Waals surface area (Å²) in [4.78, 5) is 6.82. The van der Waals surface area contributed by atoms with E-state index in [-0.39, 0.29) is 5.38 Å². The fourth-order valence-corrected chi connectivity index (χ4v) is 4.33. The van der Waals surface area contributed by atoms with Crippen molar-refractivity contribution in [2.75, 3.05) is 0 Å². The number of hydrogen-bond acceptors (Lipinski definition) is 2. The van der Waals surface area contributed by atoms with Crippen molar-refractivity contribution in [1.29, 1.82) is 0 Å². The third kappa shape index (κ3) is 2.96. The second-order valence-electron chi connectivity index (χ2n) is 4.94. The molecule has 1 nitrogen and oxygen atoms in total. The highest BCUT2D eigenvalue weighted by Gasteiger charge is 2.18. The van der Waals surface area contributed by atoms with Crippen molar-refractivity contribution >= 4 is 34.5 Å². The molecule has 19 heavy (non-hydrogen) atoms. The van der Waals surface area contributed by atoms with Crippen molar-refractivity contribution in [2.24, 2.45) is 0 Å². The molecule has 1 unspecified atom stereocenters. The Hall–Kier alpha value is -0.570. The van der Waals surface area contributed by atoms with Crippen molar-refractivity contribution in [3.8, 4) is 0 Å². The van der Waals surface area contributed by atoms with E-state index in [2.05, 4.69) is 11.1 Å². The van der Waals surface area contributed by atoms with Crippen molar-refractivity contribution in [3.63, 3.8) is 0 Å². The molecule has 0 saturated carbocycles. The van der Waals surface area contributed by atoms with Crippen LogP contribution in [0.5, 0.6) is 0 Å². The lowest BCUT2D eigenvalue weighted by Crippen LogP contribution is -1.96. The van der Waals surface area contributed by atoms with Gasteiger partial charge in [-0.05, 0) is 55.4 Å². The summed E-state index contributed by atoms with van der Waals surface area (Å²) < 4.78 is 0. The van der Waals surface area contributed by atoms with Gasteiger partial charge in [-0.15, -0.1) is 22.9 Å². The van der Waals surface area contributed by atoms with Crippen LogP contribution in [0.2, 0.25) is 5.02 Å². The summed E-state index contributed by atoms with van der Waals surface area (Å²) in [6.45, 7) is 0. The second-order valence-corrected chi connectivity index (χ2v) is 7.05. The monoisotopic (exact) mass is 311 g/mol. The maximum Gasteiger partial charge on any atom is 0.0719 e. The predicted molar refractivity (Wildman–Crippen MR) is 82.5 cm³/mol. The molecule has 1 aliphatic rings. The van der Waals surface area contributed by atoms with Gasteiger partial charge in [-0.1, -0.05) is 11.6 Å². The van der Waals surface area contributed by atoms with Crippen molar-refractivity contribution in [3.05, 3.63) is 50.4 Å². The highest BCUT2D eigenvalue weighted by molar-refractivity contribution is 7.12. The highest BCUT2D eigenvalue weighted by atomic mass is 35.5. The van der Waals surface area contributed by atoms with Gasteiger partial charge in [0.05, 0.1) is 10.4 Å². The summed E-state index contributed by atoms with van der Waals surface area (Å²) in [5, 5.41) is 0.713. The molecule has 4 heteroatoms. The Labute approximate surface area is 127 Å². The zero-order valence-electron chi connectivity index (χ0n) is 10.5. The molecule has 0 spiro atoms. The van der Waals surface area contributed by atoms with Crippen LogP contribution in [0.25, 0.3) is 0 Å². The third-order valence-corrected chi connectivity index (χ3v) is 5.79. The van der Waals surface area contributed by atoms with Crippen LogP contribution < -0.4 is 0 Å². The van der Waals surface area contributed by atoms with E-state index in [9.17, 15) is 0 Å². The van der Waals surface area contributed by atoms with Gasteiger partial charge in [0.25, 0.3) is 0 Å². The van der Waals surface area contributed by atoms with E-state index in [1.807, 2.05) is 17.4 Å². The number of aromatic nitrogens is 1. The van der Waals surface area contributed by atoms with Crippen LogP contribution in [-0.2, 0) is 19.3 Å². The van der Waals surface area contributed by atoms with E-state index in [0.29, 0.717) is 5.02 Å². The molecule has 0 N–H and O–H groups in total. The lowest BCUT2D eigenvalue weighted by atomic mass is 9.99. The lowest BCUT2D eigenvalue weighted by Gasteiger charge is -2.08. The summed E-state index contributed by atoms with van der Waals surface area (Å²) in [5.41, 5.74) is 2.58. The van der Waals surface area contributed by atoms with Gasteiger partial charge in [-0.25, -0.2) is 0 Å². The molecule has 100 valence electrons. The van der Waals surface area contributed by atoms with E-state index in [1.54, 1.807) is 12.4 Å². The van der Waals surface area contributed by atoms with Crippen LogP contribution in [0, 0.1) is 0 Å². The average molecular weight is 312 g/mol. The first-order valence-electron chi connectivity index (χ1n) is 6.58. The molecule has 0 fully saturated rings. The average Bonchev–Trinajstić information content (AvgIpc) is 2.85. The topological polar surface area (TPSA) is 12.9 Å². The molecule has 2 heterocycles. The fourth-order valence-electron chi connectivity index (χ4n) is 2.53. The van der Waals surface area contributed by atoms with E-state index < -0.39 is 0 Å². The normalized spacial score (nSPS) is 16.1. The quantitative estimate of drug-likeness (QED) is 0.710. The first kappa shape index (κ1) is 13.4. The van der Waals surface area contributed by atoms with Crippen molar-refractivity contribution in [2.45, 2.75) is 37.5 Å². The molecule has 3 rings (SSSR count). The smallest absolute Gasteiger partial charge is 0.0719 e. The fraction of sp³-hybridized carbons (Fsp3) is 0.400. The molecule has 0 amide bonds. The zero-order valence-corrected chi connectivity index (χ0v) is 12.9. The molecule has 0 aromatic carbocycles. The molecule has 0 bridgehead atoms. The number of halogens is 2. The van der Waals surface area contributed by atoms with E-state index in [0.717, 1.165) is 12.0 Å².